The number of nitrogens with zero attached hydrogens (tertiary/aromatic N) is 4. The normalized spacial score (nSPS) is 12.0. The van der Waals surface area contributed by atoms with E-state index in [1.54, 1.807) is 32.2 Å². The van der Waals surface area contributed by atoms with E-state index in [4.69, 9.17) is 19.6 Å². The van der Waals surface area contributed by atoms with Crippen molar-refractivity contribution in [2.24, 2.45) is 0 Å². The molecule has 0 saturated heterocycles. The summed E-state index contributed by atoms with van der Waals surface area (Å²) in [7, 11) is 0. The minimum absolute atomic E-state index is 0.255. The maximum absolute atomic E-state index is 13.6. The molecule has 35 heavy (non-hydrogen) atoms. The molecular weight excluding hydrogens is 444 g/mol. The maximum atomic E-state index is 13.6. The maximum Gasteiger partial charge on any atom is 0.347 e. The van der Waals surface area contributed by atoms with Gasteiger partial charge >= 0.3 is 5.97 Å². The van der Waals surface area contributed by atoms with Gasteiger partial charge in [-0.25, -0.2) is 14.5 Å². The Morgan fingerprint density at radius 3 is 2.60 bits per heavy atom. The summed E-state index contributed by atoms with van der Waals surface area (Å²) in [4.78, 5) is 30.7. The summed E-state index contributed by atoms with van der Waals surface area (Å²) in [5, 5.41) is 4.73. The molecule has 0 radical (unpaired) electrons. The zero-order chi connectivity index (χ0) is 25.1. The second-order valence-electron chi connectivity index (χ2n) is 8.51. The van der Waals surface area contributed by atoms with Gasteiger partial charge in [0.1, 0.15) is 5.69 Å². The number of pyridine rings is 1. The fourth-order valence-electron chi connectivity index (χ4n) is 4.12. The minimum Gasteiger partial charge on any atom is -0.475 e. The van der Waals surface area contributed by atoms with E-state index in [1.807, 2.05) is 55.8 Å². The average molecular weight is 475 g/mol. The lowest BCUT2D eigenvalue weighted by Gasteiger charge is -2.18. The Balaban J connectivity index is 1.78. The molecule has 182 valence electrons. The predicted octanol–water partition coefficient (Wildman–Crippen LogP) is 4.58. The van der Waals surface area contributed by atoms with Crippen LogP contribution in [-0.2, 0) is 9.53 Å². The van der Waals surface area contributed by atoms with Gasteiger partial charge in [0.05, 0.1) is 23.6 Å². The molecule has 1 unspecified atom stereocenters. The molecule has 0 saturated carbocycles. The summed E-state index contributed by atoms with van der Waals surface area (Å²) in [6, 6.07) is 13.3. The van der Waals surface area contributed by atoms with Crippen molar-refractivity contribution in [3.63, 3.8) is 0 Å². The first-order valence-corrected chi connectivity index (χ1v) is 11.8. The van der Waals surface area contributed by atoms with Gasteiger partial charge in [-0.2, -0.15) is 5.10 Å². The first-order valence-electron chi connectivity index (χ1n) is 11.8. The van der Waals surface area contributed by atoms with E-state index in [0.717, 1.165) is 23.4 Å². The van der Waals surface area contributed by atoms with Crippen LogP contribution in [0, 0.1) is 20.8 Å². The lowest BCUT2D eigenvalue weighted by atomic mass is 10.1. The highest BCUT2D eigenvalue weighted by Crippen LogP contribution is 2.25. The smallest absolute Gasteiger partial charge is 0.347 e. The van der Waals surface area contributed by atoms with Crippen LogP contribution in [0.1, 0.15) is 43.6 Å². The van der Waals surface area contributed by atoms with Crippen LogP contribution in [-0.4, -0.2) is 37.8 Å². The second kappa shape index (κ2) is 10.1. The topological polar surface area (TPSA) is 87.7 Å². The van der Waals surface area contributed by atoms with Gasteiger partial charge in [-0.15, -0.1) is 0 Å². The molecule has 3 aromatic heterocycles. The largest absolute Gasteiger partial charge is 0.475 e. The van der Waals surface area contributed by atoms with Crippen LogP contribution in [0.15, 0.2) is 53.5 Å². The number of ether oxygens (including phenoxy) is 2. The molecule has 1 aromatic carbocycles. The Morgan fingerprint density at radius 2 is 1.89 bits per heavy atom. The molecule has 8 heteroatoms. The summed E-state index contributed by atoms with van der Waals surface area (Å²) in [5.74, 6) is -0.0728. The van der Waals surface area contributed by atoms with Crippen molar-refractivity contribution in [2.75, 3.05) is 6.61 Å². The van der Waals surface area contributed by atoms with Gasteiger partial charge in [-0.05, 0) is 70.0 Å². The number of aromatic nitrogens is 4. The second-order valence-corrected chi connectivity index (χ2v) is 8.51. The van der Waals surface area contributed by atoms with E-state index in [9.17, 15) is 9.59 Å². The van der Waals surface area contributed by atoms with E-state index in [0.29, 0.717) is 34.8 Å². The molecule has 3 heterocycles. The quantitative estimate of drug-likeness (QED) is 0.347. The van der Waals surface area contributed by atoms with Crippen molar-refractivity contribution in [1.82, 2.24) is 19.2 Å². The Bertz CT molecular complexity index is 1440. The highest BCUT2D eigenvalue weighted by Gasteiger charge is 2.24. The summed E-state index contributed by atoms with van der Waals surface area (Å²) in [6.45, 7) is 9.76. The third kappa shape index (κ3) is 4.82. The molecule has 0 amide bonds. The minimum atomic E-state index is -0.768. The van der Waals surface area contributed by atoms with Crippen LogP contribution in [0.3, 0.4) is 0 Å². The molecule has 0 N–H and O–H groups in total. The summed E-state index contributed by atoms with van der Waals surface area (Å²) in [6.07, 6.45) is 2.12. The summed E-state index contributed by atoms with van der Waals surface area (Å²) in [5.41, 5.74) is 4.55. The standard InChI is InChI=1S/C27H30N4O4/c1-6-10-23(27(33)34-7-2)35-22-13-9-14-30-25(22)28-19(5)24(26(30)32)21-16-18(4)31(29-21)20-12-8-11-17(3)15-20/h8-9,11-16,23H,6-7,10H2,1-5H3. The number of esters is 1. The third-order valence-electron chi connectivity index (χ3n) is 5.76. The number of carbonyl (C=O) groups is 1. The third-order valence-corrected chi connectivity index (χ3v) is 5.76. The molecule has 0 aliphatic carbocycles. The number of carbonyl (C=O) groups excluding carboxylic acids is 1. The number of aryl methyl sites for hydroxylation is 3. The van der Waals surface area contributed by atoms with Gasteiger partial charge in [0.15, 0.2) is 17.5 Å². The molecule has 0 bridgehead atoms. The monoisotopic (exact) mass is 474 g/mol. The van der Waals surface area contributed by atoms with Gasteiger partial charge in [0, 0.05) is 11.9 Å². The highest BCUT2D eigenvalue weighted by molar-refractivity contribution is 5.75. The SMILES string of the molecule is CCCC(Oc1cccn2c(=O)c(-c3cc(C)n(-c4cccc(C)c4)n3)c(C)nc12)C(=O)OCC. The Morgan fingerprint density at radius 1 is 1.09 bits per heavy atom. The molecule has 4 rings (SSSR count). The van der Waals surface area contributed by atoms with Gasteiger partial charge in [0.2, 0.25) is 0 Å². The Kier molecular flexibility index (Phi) is 7.00. The van der Waals surface area contributed by atoms with E-state index in [-0.39, 0.29) is 12.2 Å². The van der Waals surface area contributed by atoms with Gasteiger partial charge < -0.3 is 9.47 Å². The van der Waals surface area contributed by atoms with Crippen molar-refractivity contribution in [1.29, 1.82) is 0 Å². The van der Waals surface area contributed by atoms with E-state index < -0.39 is 12.1 Å². The first kappa shape index (κ1) is 24.2. The number of benzene rings is 1. The van der Waals surface area contributed by atoms with E-state index >= 15 is 0 Å². The van der Waals surface area contributed by atoms with Crippen molar-refractivity contribution in [2.45, 2.75) is 53.6 Å². The average Bonchev–Trinajstić information content (AvgIpc) is 3.20. The van der Waals surface area contributed by atoms with Crippen LogP contribution < -0.4 is 10.3 Å². The molecular formula is C27H30N4O4. The van der Waals surface area contributed by atoms with Crippen molar-refractivity contribution >= 4 is 11.6 Å². The van der Waals surface area contributed by atoms with Crippen LogP contribution >= 0.6 is 0 Å². The fraction of sp³-hybridized carbons (Fsp3) is 0.333. The molecule has 0 aliphatic rings. The number of hydrogen-bond donors (Lipinski definition) is 0. The molecule has 0 fully saturated rings. The zero-order valence-electron chi connectivity index (χ0n) is 20.7. The van der Waals surface area contributed by atoms with Crippen LogP contribution in [0.25, 0.3) is 22.6 Å². The fourth-order valence-corrected chi connectivity index (χ4v) is 4.12. The molecule has 8 nitrogen and oxygen atoms in total. The van der Waals surface area contributed by atoms with Crippen molar-refractivity contribution < 1.29 is 14.3 Å². The summed E-state index contributed by atoms with van der Waals surface area (Å²) < 4.78 is 14.4. The number of hydrogen-bond acceptors (Lipinski definition) is 6. The van der Waals surface area contributed by atoms with Gasteiger partial charge in [-0.1, -0.05) is 25.5 Å². The predicted molar refractivity (Wildman–Crippen MR) is 134 cm³/mol. The van der Waals surface area contributed by atoms with E-state index in [1.165, 1.54) is 4.40 Å². The van der Waals surface area contributed by atoms with Crippen LogP contribution in [0.5, 0.6) is 5.75 Å². The summed E-state index contributed by atoms with van der Waals surface area (Å²) >= 11 is 0. The van der Waals surface area contributed by atoms with Crippen LogP contribution in [0.2, 0.25) is 0 Å². The lowest BCUT2D eigenvalue weighted by molar-refractivity contribution is -0.151. The van der Waals surface area contributed by atoms with Gasteiger partial charge in [0.25, 0.3) is 5.56 Å². The first-order chi connectivity index (χ1) is 16.8. The molecule has 0 aliphatic heterocycles. The van der Waals surface area contributed by atoms with Crippen molar-refractivity contribution in [3.05, 3.63) is 76.0 Å². The van der Waals surface area contributed by atoms with Crippen LogP contribution in [0.4, 0.5) is 0 Å². The molecule has 0 spiro atoms. The van der Waals surface area contributed by atoms with Crippen molar-refractivity contribution in [3.8, 4) is 22.7 Å². The number of fused-ring (bicyclic) bond motifs is 1. The lowest BCUT2D eigenvalue weighted by Crippen LogP contribution is -2.30. The Hall–Kier alpha value is -3.94. The van der Waals surface area contributed by atoms with E-state index in [2.05, 4.69) is 0 Å². The Labute approximate surface area is 204 Å². The van der Waals surface area contributed by atoms with Gasteiger partial charge in [-0.3, -0.25) is 9.20 Å². The molecule has 1 atom stereocenters. The number of rotatable bonds is 8. The molecule has 4 aromatic rings. The highest BCUT2D eigenvalue weighted by atomic mass is 16.6. The zero-order valence-corrected chi connectivity index (χ0v) is 20.7.